The van der Waals surface area contributed by atoms with Crippen LogP contribution in [0.4, 0.5) is 9.59 Å². The summed E-state index contributed by atoms with van der Waals surface area (Å²) in [5, 5.41) is 14.1. The van der Waals surface area contributed by atoms with Gasteiger partial charge in [0.05, 0.1) is 10.6 Å². The van der Waals surface area contributed by atoms with Crippen molar-refractivity contribution in [1.82, 2.24) is 15.5 Å². The molecule has 0 radical (unpaired) electrons. The Kier molecular flexibility index (Phi) is 7.98. The summed E-state index contributed by atoms with van der Waals surface area (Å²) in [5.41, 5.74) is 0.282. The number of ether oxygens (including phenoxy) is 1. The number of carbonyl (C=O) groups is 3. The van der Waals surface area contributed by atoms with Crippen molar-refractivity contribution >= 4 is 27.9 Å². The fourth-order valence-electron chi connectivity index (χ4n) is 4.88. The van der Waals surface area contributed by atoms with E-state index in [2.05, 4.69) is 10.6 Å². The molecule has 1 aliphatic carbocycles. The Bertz CT molecular complexity index is 1050. The van der Waals surface area contributed by atoms with E-state index >= 15 is 0 Å². The van der Waals surface area contributed by atoms with Crippen molar-refractivity contribution in [1.29, 1.82) is 0 Å². The number of alkyl carbamates (subject to hydrolysis) is 1. The van der Waals surface area contributed by atoms with Gasteiger partial charge in [-0.3, -0.25) is 4.79 Å². The fraction of sp³-hybridized carbons (Fsp3) is 0.625. The molecular formula is C24H35N3O7S. The van der Waals surface area contributed by atoms with Gasteiger partial charge >= 0.3 is 12.2 Å². The van der Waals surface area contributed by atoms with E-state index in [0.29, 0.717) is 32.2 Å². The second-order valence-electron chi connectivity index (χ2n) is 10.4. The number of nitrogens with zero attached hydrogens (tertiary/aromatic N) is 1. The van der Waals surface area contributed by atoms with Crippen molar-refractivity contribution in [3.05, 3.63) is 29.8 Å². The lowest BCUT2D eigenvalue weighted by Crippen LogP contribution is -2.53. The molecule has 194 valence electrons. The van der Waals surface area contributed by atoms with Gasteiger partial charge in [-0.1, -0.05) is 17.7 Å². The molecule has 1 aromatic carbocycles. The second kappa shape index (κ2) is 10.4. The molecule has 3 rings (SSSR count). The molecule has 11 heteroatoms. The number of hydrogen-bond acceptors (Lipinski definition) is 6. The molecule has 10 nitrogen and oxygen atoms in total. The third-order valence-electron chi connectivity index (χ3n) is 6.41. The van der Waals surface area contributed by atoms with Crippen LogP contribution in [0.15, 0.2) is 29.2 Å². The van der Waals surface area contributed by atoms with E-state index in [1.165, 1.54) is 0 Å². The van der Waals surface area contributed by atoms with Crippen LogP contribution in [0.25, 0.3) is 0 Å². The minimum Gasteiger partial charge on any atom is -0.465 e. The number of carbonyl (C=O) groups excluding carboxylic acids is 2. The summed E-state index contributed by atoms with van der Waals surface area (Å²) >= 11 is 0. The predicted molar refractivity (Wildman–Crippen MR) is 129 cm³/mol. The van der Waals surface area contributed by atoms with Gasteiger partial charge in [0.25, 0.3) is 0 Å². The number of amides is 3. The number of nitrogens with one attached hydrogen (secondary N) is 2. The van der Waals surface area contributed by atoms with E-state index in [9.17, 15) is 22.8 Å². The molecule has 3 amide bonds. The number of aryl methyl sites for hydroxylation is 1. The zero-order valence-electron chi connectivity index (χ0n) is 20.6. The van der Waals surface area contributed by atoms with Crippen LogP contribution < -0.4 is 10.6 Å². The number of sulfone groups is 1. The molecule has 1 unspecified atom stereocenters. The summed E-state index contributed by atoms with van der Waals surface area (Å²) in [6.45, 7) is 7.52. The van der Waals surface area contributed by atoms with Crippen LogP contribution in [0, 0.1) is 12.8 Å². The molecule has 1 aliphatic heterocycles. The van der Waals surface area contributed by atoms with Crippen LogP contribution in [-0.4, -0.2) is 72.5 Å². The normalized spacial score (nSPS) is 25.3. The fourth-order valence-corrected chi connectivity index (χ4v) is 6.55. The molecule has 0 bridgehead atoms. The summed E-state index contributed by atoms with van der Waals surface area (Å²) < 4.78 is 31.9. The van der Waals surface area contributed by atoms with Gasteiger partial charge in [-0.25, -0.2) is 18.0 Å². The Morgan fingerprint density at radius 1 is 1.11 bits per heavy atom. The maximum Gasteiger partial charge on any atom is 0.407 e. The van der Waals surface area contributed by atoms with Crippen LogP contribution in [0.3, 0.4) is 0 Å². The van der Waals surface area contributed by atoms with Gasteiger partial charge in [0.15, 0.2) is 9.84 Å². The Hall–Kier alpha value is -2.82. The van der Waals surface area contributed by atoms with Gasteiger partial charge in [0, 0.05) is 18.6 Å². The van der Waals surface area contributed by atoms with Crippen LogP contribution >= 0.6 is 0 Å². The van der Waals surface area contributed by atoms with Gasteiger partial charge < -0.3 is 25.4 Å². The highest BCUT2D eigenvalue weighted by Gasteiger charge is 2.44. The third kappa shape index (κ3) is 7.09. The average Bonchev–Trinajstić information content (AvgIpc) is 3.06. The lowest BCUT2D eigenvalue weighted by Gasteiger charge is -2.41. The SMILES string of the molecule is Cc1ccc(S(=O)(=O)C[C@@H]2C[C@H](NC(=O)OC(C)(C)C)CC[C@@H]2N2CCC(NC(=O)O)C2=O)cc1. The van der Waals surface area contributed by atoms with Crippen LogP contribution in [0.5, 0.6) is 0 Å². The maximum atomic E-state index is 13.3. The minimum absolute atomic E-state index is 0.186. The molecular weight excluding hydrogens is 474 g/mol. The lowest BCUT2D eigenvalue weighted by molar-refractivity contribution is -0.133. The smallest absolute Gasteiger partial charge is 0.407 e. The maximum absolute atomic E-state index is 13.3. The summed E-state index contributed by atoms with van der Waals surface area (Å²) in [5.74, 6) is -0.968. The Morgan fingerprint density at radius 3 is 2.37 bits per heavy atom. The van der Waals surface area contributed by atoms with Crippen molar-refractivity contribution < 1.29 is 32.6 Å². The van der Waals surface area contributed by atoms with E-state index < -0.39 is 39.6 Å². The predicted octanol–water partition coefficient (Wildman–Crippen LogP) is 2.70. The minimum atomic E-state index is -3.66. The quantitative estimate of drug-likeness (QED) is 0.535. The zero-order chi connectivity index (χ0) is 26.0. The highest BCUT2D eigenvalue weighted by Crippen LogP contribution is 2.34. The number of hydrogen-bond donors (Lipinski definition) is 3. The standard InChI is InChI=1S/C24H35N3O7S/c1-15-5-8-18(9-6-15)35(32,33)14-16-13-17(25-23(31)34-24(2,3)4)7-10-20(16)27-12-11-19(21(27)28)26-22(29)30/h5-6,8-9,16-17,19-20,26H,7,10-14H2,1-4H3,(H,25,31)(H,29,30)/t16-,17+,19?,20-/m0/s1. The molecule has 0 aromatic heterocycles. The van der Waals surface area contributed by atoms with Crippen LogP contribution in [0.1, 0.15) is 52.0 Å². The zero-order valence-corrected chi connectivity index (χ0v) is 21.4. The topological polar surface area (TPSA) is 142 Å². The molecule has 1 heterocycles. The van der Waals surface area contributed by atoms with E-state index in [1.807, 2.05) is 6.92 Å². The van der Waals surface area contributed by atoms with E-state index in [1.54, 1.807) is 49.9 Å². The van der Waals surface area contributed by atoms with Crippen molar-refractivity contribution in [2.75, 3.05) is 12.3 Å². The molecule has 1 aromatic rings. The summed E-state index contributed by atoms with van der Waals surface area (Å²) in [7, 11) is -3.66. The Balaban J connectivity index is 1.80. The van der Waals surface area contributed by atoms with Gasteiger partial charge in [-0.2, -0.15) is 0 Å². The molecule has 1 saturated carbocycles. The van der Waals surface area contributed by atoms with Crippen molar-refractivity contribution in [2.24, 2.45) is 5.92 Å². The summed E-state index contributed by atoms with van der Waals surface area (Å²) in [4.78, 5) is 38.1. The number of carboxylic acid groups (broad SMARTS) is 1. The number of likely N-dealkylation sites (tertiary alicyclic amines) is 1. The molecule has 35 heavy (non-hydrogen) atoms. The Labute approximate surface area is 206 Å². The van der Waals surface area contributed by atoms with Crippen LogP contribution in [0.2, 0.25) is 0 Å². The van der Waals surface area contributed by atoms with E-state index in [0.717, 1.165) is 5.56 Å². The second-order valence-corrected chi connectivity index (χ2v) is 12.4. The third-order valence-corrected chi connectivity index (χ3v) is 8.27. The Morgan fingerprint density at radius 2 is 1.77 bits per heavy atom. The van der Waals surface area contributed by atoms with E-state index in [-0.39, 0.29) is 28.6 Å². The number of rotatable bonds is 6. The van der Waals surface area contributed by atoms with Crippen molar-refractivity contribution in [2.45, 2.75) is 82.0 Å². The first-order valence-electron chi connectivity index (χ1n) is 11.8. The van der Waals surface area contributed by atoms with Crippen LogP contribution in [-0.2, 0) is 19.4 Å². The van der Waals surface area contributed by atoms with Gasteiger partial charge in [-0.15, -0.1) is 0 Å². The highest BCUT2D eigenvalue weighted by molar-refractivity contribution is 7.91. The summed E-state index contributed by atoms with van der Waals surface area (Å²) in [6, 6.07) is 5.12. The number of benzene rings is 1. The van der Waals surface area contributed by atoms with Crippen molar-refractivity contribution in [3.8, 4) is 0 Å². The lowest BCUT2D eigenvalue weighted by atomic mass is 9.81. The average molecular weight is 510 g/mol. The first kappa shape index (κ1) is 26.8. The van der Waals surface area contributed by atoms with Crippen molar-refractivity contribution in [3.63, 3.8) is 0 Å². The largest absolute Gasteiger partial charge is 0.465 e. The molecule has 2 fully saturated rings. The highest BCUT2D eigenvalue weighted by atomic mass is 32.2. The molecule has 2 aliphatic rings. The first-order chi connectivity index (χ1) is 16.2. The molecule has 1 saturated heterocycles. The van der Waals surface area contributed by atoms with Gasteiger partial charge in [-0.05, 0) is 71.4 Å². The molecule has 3 N–H and O–H groups in total. The van der Waals surface area contributed by atoms with Gasteiger partial charge in [0.1, 0.15) is 11.6 Å². The molecule has 0 spiro atoms. The monoisotopic (exact) mass is 509 g/mol. The van der Waals surface area contributed by atoms with Gasteiger partial charge in [0.2, 0.25) is 5.91 Å². The van der Waals surface area contributed by atoms with E-state index in [4.69, 9.17) is 9.84 Å². The summed E-state index contributed by atoms with van der Waals surface area (Å²) in [6.07, 6.45) is -0.113. The first-order valence-corrected chi connectivity index (χ1v) is 13.5. The molecule has 4 atom stereocenters.